The van der Waals surface area contributed by atoms with Gasteiger partial charge in [-0.2, -0.15) is 0 Å². The Morgan fingerprint density at radius 2 is 2.33 bits per heavy atom. The van der Waals surface area contributed by atoms with Crippen molar-refractivity contribution in [2.75, 3.05) is 20.3 Å². The van der Waals surface area contributed by atoms with Gasteiger partial charge in [-0.3, -0.25) is 5.32 Å². The minimum Gasteiger partial charge on any atom is -0.492 e. The van der Waals surface area contributed by atoms with Gasteiger partial charge in [-0.05, 0) is 18.7 Å². The van der Waals surface area contributed by atoms with Crippen LogP contribution in [0.4, 0.5) is 0 Å². The summed E-state index contributed by atoms with van der Waals surface area (Å²) in [5.74, 6) is 0.882. The fourth-order valence-corrected chi connectivity index (χ4v) is 2.09. The van der Waals surface area contributed by atoms with Crippen molar-refractivity contribution in [3.8, 4) is 5.75 Å². The Morgan fingerprint density at radius 3 is 3.20 bits per heavy atom. The molecule has 0 unspecified atom stereocenters. The molecule has 0 saturated carbocycles. The van der Waals surface area contributed by atoms with Gasteiger partial charge in [0.2, 0.25) is 0 Å². The molecule has 5 heteroatoms. The van der Waals surface area contributed by atoms with Crippen molar-refractivity contribution >= 4 is 12.6 Å². The van der Waals surface area contributed by atoms with E-state index in [-0.39, 0.29) is 13.3 Å². The molecule has 0 bridgehead atoms. The average molecular weight is 205 g/mol. The number of ether oxygens (including phenoxy) is 1. The Labute approximate surface area is 88.7 Å². The molecule has 2 aliphatic rings. The topological polar surface area (TPSA) is 39.7 Å². The van der Waals surface area contributed by atoms with Crippen LogP contribution in [0.3, 0.4) is 0 Å². The third kappa shape index (κ3) is 1.35. The van der Waals surface area contributed by atoms with Crippen LogP contribution in [0, 0.1) is 0 Å². The van der Waals surface area contributed by atoms with E-state index in [9.17, 15) is 0 Å². The van der Waals surface area contributed by atoms with Crippen molar-refractivity contribution in [3.05, 3.63) is 23.8 Å². The molecule has 78 valence electrons. The molecule has 0 saturated heterocycles. The summed E-state index contributed by atoms with van der Waals surface area (Å²) in [5, 5.41) is 3.10. The van der Waals surface area contributed by atoms with E-state index in [4.69, 9.17) is 14.0 Å². The Balaban J connectivity index is 2.12. The average Bonchev–Trinajstić information content (AvgIpc) is 2.50. The highest BCUT2D eigenvalue weighted by molar-refractivity contribution is 6.64. The van der Waals surface area contributed by atoms with Gasteiger partial charge in [0.15, 0.2) is 0 Å². The number of rotatable bonds is 1. The molecule has 1 atom stereocenters. The third-order valence-electron chi connectivity index (χ3n) is 2.75. The zero-order valence-electron chi connectivity index (χ0n) is 8.53. The van der Waals surface area contributed by atoms with Gasteiger partial charge in [-0.15, -0.1) is 0 Å². The smallest absolute Gasteiger partial charge is 0.492 e. The van der Waals surface area contributed by atoms with E-state index < -0.39 is 0 Å². The molecule has 2 heterocycles. The quantitative estimate of drug-likeness (QED) is 0.657. The molecule has 0 aliphatic carbocycles. The summed E-state index contributed by atoms with van der Waals surface area (Å²) < 4.78 is 16.9. The van der Waals surface area contributed by atoms with E-state index in [0.29, 0.717) is 13.2 Å². The number of benzene rings is 1. The fraction of sp³-hybridized carbons (Fsp3) is 0.400. The largest absolute Gasteiger partial charge is 0.499 e. The number of nitrogens with one attached hydrogen (secondary N) is 1. The maximum absolute atomic E-state index is 5.73. The number of hydrogen-bond donors (Lipinski definition) is 1. The zero-order valence-corrected chi connectivity index (χ0v) is 8.53. The normalized spacial score (nSPS) is 23.3. The Hall–Kier alpha value is -1.04. The van der Waals surface area contributed by atoms with Crippen molar-refractivity contribution in [1.29, 1.82) is 0 Å². The molecule has 1 aromatic rings. The van der Waals surface area contributed by atoms with E-state index in [1.165, 1.54) is 0 Å². The van der Waals surface area contributed by atoms with Gasteiger partial charge < -0.3 is 14.0 Å². The highest BCUT2D eigenvalue weighted by Crippen LogP contribution is 2.27. The van der Waals surface area contributed by atoms with Crippen LogP contribution in [0.2, 0.25) is 0 Å². The number of hydrogen-bond acceptors (Lipinski definition) is 4. The van der Waals surface area contributed by atoms with Crippen molar-refractivity contribution in [1.82, 2.24) is 5.32 Å². The molecule has 2 aliphatic heterocycles. The van der Waals surface area contributed by atoms with Gasteiger partial charge in [-0.25, -0.2) is 0 Å². The van der Waals surface area contributed by atoms with Crippen LogP contribution in [0.1, 0.15) is 11.8 Å². The maximum Gasteiger partial charge on any atom is 0.499 e. The molecular weight excluding hydrogens is 193 g/mol. The highest BCUT2D eigenvalue weighted by Gasteiger charge is 2.40. The van der Waals surface area contributed by atoms with Crippen LogP contribution in [-0.2, 0) is 9.31 Å². The molecule has 0 aromatic heterocycles. The summed E-state index contributed by atoms with van der Waals surface area (Å²) in [4.78, 5) is 0. The molecule has 4 nitrogen and oxygen atoms in total. The van der Waals surface area contributed by atoms with E-state index in [2.05, 4.69) is 5.32 Å². The van der Waals surface area contributed by atoms with Gasteiger partial charge in [0.1, 0.15) is 18.6 Å². The molecule has 15 heavy (non-hydrogen) atoms. The maximum atomic E-state index is 5.73. The Kier molecular flexibility index (Phi) is 2.16. The molecule has 1 N–H and O–H groups in total. The zero-order chi connectivity index (χ0) is 10.3. The van der Waals surface area contributed by atoms with Crippen molar-refractivity contribution in [2.24, 2.45) is 0 Å². The summed E-state index contributed by atoms with van der Waals surface area (Å²) in [6, 6.07) is 5.98. The van der Waals surface area contributed by atoms with Crippen LogP contribution in [0.25, 0.3) is 0 Å². The fourth-order valence-electron chi connectivity index (χ4n) is 2.09. The first-order valence-corrected chi connectivity index (χ1v) is 5.10. The first-order chi connectivity index (χ1) is 7.40. The van der Waals surface area contributed by atoms with Crippen LogP contribution in [0.15, 0.2) is 18.2 Å². The van der Waals surface area contributed by atoms with E-state index in [1.807, 2.05) is 25.2 Å². The summed E-state index contributed by atoms with van der Waals surface area (Å²) in [5.41, 5.74) is 2.15. The first-order valence-electron chi connectivity index (χ1n) is 5.10. The second-order valence-electron chi connectivity index (χ2n) is 3.62. The summed E-state index contributed by atoms with van der Waals surface area (Å²) in [6.45, 7) is 1.15. The molecule has 0 fully saturated rings. The van der Waals surface area contributed by atoms with E-state index >= 15 is 0 Å². The Bertz CT molecular complexity index is 385. The molecule has 0 spiro atoms. The second-order valence-corrected chi connectivity index (χ2v) is 3.62. The lowest BCUT2D eigenvalue weighted by atomic mass is 9.78. The predicted molar refractivity (Wildman–Crippen MR) is 56.2 cm³/mol. The lowest BCUT2D eigenvalue weighted by Gasteiger charge is -2.12. The molecule has 0 amide bonds. The second kappa shape index (κ2) is 3.52. The monoisotopic (exact) mass is 205 g/mol. The summed E-state index contributed by atoms with van der Waals surface area (Å²) in [7, 11) is 1.59. The van der Waals surface area contributed by atoms with E-state index in [0.717, 1.165) is 16.8 Å². The lowest BCUT2D eigenvalue weighted by molar-refractivity contribution is 0.128. The highest BCUT2D eigenvalue weighted by atomic mass is 16.6. The summed E-state index contributed by atoms with van der Waals surface area (Å²) in [6.07, 6.45) is -0.0911. The molecule has 0 radical (unpaired) electrons. The van der Waals surface area contributed by atoms with Gasteiger partial charge >= 0.3 is 7.12 Å². The Morgan fingerprint density at radius 1 is 1.40 bits per heavy atom. The van der Waals surface area contributed by atoms with Crippen LogP contribution in [-0.4, -0.2) is 27.4 Å². The molecule has 1 aromatic carbocycles. The van der Waals surface area contributed by atoms with Crippen LogP contribution in [0.5, 0.6) is 5.75 Å². The predicted octanol–water partition coefficient (Wildman–Crippen LogP) is 0.0390. The standard InChI is InChI=1S/C10H12BNO3/c1-12-10-7-3-2-4-8-9(7)11(15-10)14-6-5-13-8/h2-4,10,12H,5-6H2,1H3/t10-/m0/s1. The third-order valence-corrected chi connectivity index (χ3v) is 2.75. The van der Waals surface area contributed by atoms with Crippen molar-refractivity contribution in [3.63, 3.8) is 0 Å². The van der Waals surface area contributed by atoms with Gasteiger partial charge in [-0.1, -0.05) is 12.1 Å². The molecule has 3 rings (SSSR count). The summed E-state index contributed by atoms with van der Waals surface area (Å²) >= 11 is 0. The molecular formula is C10H12BNO3. The first kappa shape index (κ1) is 9.21. The van der Waals surface area contributed by atoms with Crippen molar-refractivity contribution < 1.29 is 14.0 Å². The lowest BCUT2D eigenvalue weighted by Crippen LogP contribution is -2.31. The van der Waals surface area contributed by atoms with Crippen molar-refractivity contribution in [2.45, 2.75) is 6.23 Å². The minimum atomic E-state index is -0.281. The SMILES string of the molecule is CN[C@H]1OB2OCCOc3cccc1c32. The minimum absolute atomic E-state index is 0.0911. The van der Waals surface area contributed by atoms with Gasteiger partial charge in [0.05, 0.1) is 6.61 Å². The van der Waals surface area contributed by atoms with Crippen LogP contribution >= 0.6 is 0 Å². The van der Waals surface area contributed by atoms with Gasteiger partial charge in [0, 0.05) is 5.46 Å². The van der Waals surface area contributed by atoms with E-state index in [1.54, 1.807) is 0 Å². The van der Waals surface area contributed by atoms with Crippen LogP contribution < -0.4 is 15.5 Å². The van der Waals surface area contributed by atoms with Gasteiger partial charge in [0.25, 0.3) is 0 Å².